The first-order valence-corrected chi connectivity index (χ1v) is 5.92. The van der Waals surface area contributed by atoms with Gasteiger partial charge in [-0.15, -0.1) is 0 Å². The Morgan fingerprint density at radius 1 is 1.20 bits per heavy atom. The SMILES string of the molecule is Cc1cc(F)c(Nc2nc3c(N)cccc3o2)cc1F. The fourth-order valence-electron chi connectivity index (χ4n) is 1.88. The predicted molar refractivity (Wildman–Crippen MR) is 72.8 cm³/mol. The summed E-state index contributed by atoms with van der Waals surface area (Å²) >= 11 is 0. The van der Waals surface area contributed by atoms with Gasteiger partial charge in [0.25, 0.3) is 6.01 Å². The lowest BCUT2D eigenvalue weighted by Gasteiger charge is -2.05. The summed E-state index contributed by atoms with van der Waals surface area (Å²) in [6.07, 6.45) is 0. The van der Waals surface area contributed by atoms with Crippen molar-refractivity contribution in [1.82, 2.24) is 4.98 Å². The predicted octanol–water partition coefficient (Wildman–Crippen LogP) is 3.74. The van der Waals surface area contributed by atoms with E-state index in [1.807, 2.05) is 0 Å². The maximum absolute atomic E-state index is 13.7. The van der Waals surface area contributed by atoms with Gasteiger partial charge in [0.05, 0.1) is 11.4 Å². The summed E-state index contributed by atoms with van der Waals surface area (Å²) in [5, 5.41) is 2.61. The lowest BCUT2D eigenvalue weighted by molar-refractivity contribution is 0.590. The van der Waals surface area contributed by atoms with Crippen molar-refractivity contribution in [3.8, 4) is 0 Å². The molecule has 3 rings (SSSR count). The van der Waals surface area contributed by atoms with Gasteiger partial charge in [0.15, 0.2) is 5.58 Å². The molecular weight excluding hydrogens is 264 g/mol. The average Bonchev–Trinajstić information content (AvgIpc) is 2.80. The summed E-state index contributed by atoms with van der Waals surface area (Å²) in [7, 11) is 0. The van der Waals surface area contributed by atoms with E-state index in [1.54, 1.807) is 18.2 Å². The van der Waals surface area contributed by atoms with Crippen molar-refractivity contribution in [3.63, 3.8) is 0 Å². The van der Waals surface area contributed by atoms with Crippen LogP contribution in [-0.2, 0) is 0 Å². The van der Waals surface area contributed by atoms with Gasteiger partial charge in [-0.2, -0.15) is 4.98 Å². The second-order valence-electron chi connectivity index (χ2n) is 4.42. The van der Waals surface area contributed by atoms with Crippen molar-refractivity contribution in [1.29, 1.82) is 0 Å². The molecule has 0 unspecified atom stereocenters. The molecule has 3 N–H and O–H groups in total. The molecule has 0 aliphatic heterocycles. The minimum atomic E-state index is -0.584. The topological polar surface area (TPSA) is 64.1 Å². The second kappa shape index (κ2) is 4.48. The number of nitrogens with zero attached hydrogens (tertiary/aromatic N) is 1. The van der Waals surface area contributed by atoms with Crippen LogP contribution in [0.15, 0.2) is 34.7 Å². The Bertz CT molecular complexity index is 798. The largest absolute Gasteiger partial charge is 0.423 e. The van der Waals surface area contributed by atoms with Crippen LogP contribution in [0, 0.1) is 18.6 Å². The highest BCUT2D eigenvalue weighted by molar-refractivity contribution is 5.86. The van der Waals surface area contributed by atoms with Crippen LogP contribution in [-0.4, -0.2) is 4.98 Å². The number of fused-ring (bicyclic) bond motifs is 1. The fraction of sp³-hybridized carbons (Fsp3) is 0.0714. The van der Waals surface area contributed by atoms with Gasteiger partial charge in [-0.1, -0.05) is 6.07 Å². The number of benzene rings is 2. The third kappa shape index (κ3) is 2.05. The number of para-hydroxylation sites is 1. The Kier molecular flexibility index (Phi) is 2.78. The lowest BCUT2D eigenvalue weighted by Crippen LogP contribution is -1.96. The maximum atomic E-state index is 13.7. The van der Waals surface area contributed by atoms with Crippen LogP contribution >= 0.6 is 0 Å². The van der Waals surface area contributed by atoms with E-state index < -0.39 is 11.6 Å². The van der Waals surface area contributed by atoms with Crippen molar-refractivity contribution >= 4 is 28.5 Å². The second-order valence-corrected chi connectivity index (χ2v) is 4.42. The van der Waals surface area contributed by atoms with E-state index in [9.17, 15) is 8.78 Å². The van der Waals surface area contributed by atoms with E-state index >= 15 is 0 Å². The van der Waals surface area contributed by atoms with Crippen LogP contribution in [0.1, 0.15) is 5.56 Å². The molecule has 0 spiro atoms. The van der Waals surface area contributed by atoms with E-state index in [0.29, 0.717) is 16.8 Å². The zero-order chi connectivity index (χ0) is 14.3. The van der Waals surface area contributed by atoms with E-state index in [-0.39, 0.29) is 17.3 Å². The molecule has 1 heterocycles. The smallest absolute Gasteiger partial charge is 0.300 e. The normalized spacial score (nSPS) is 10.9. The highest BCUT2D eigenvalue weighted by atomic mass is 19.1. The molecule has 3 aromatic rings. The van der Waals surface area contributed by atoms with E-state index in [4.69, 9.17) is 10.2 Å². The number of hydrogen-bond acceptors (Lipinski definition) is 4. The van der Waals surface area contributed by atoms with Gasteiger partial charge < -0.3 is 15.5 Å². The molecule has 2 aromatic carbocycles. The number of nitrogen functional groups attached to an aromatic ring is 1. The van der Waals surface area contributed by atoms with Gasteiger partial charge >= 0.3 is 0 Å². The highest BCUT2D eigenvalue weighted by Gasteiger charge is 2.12. The number of rotatable bonds is 2. The summed E-state index contributed by atoms with van der Waals surface area (Å²) in [5.41, 5.74) is 7.34. The van der Waals surface area contributed by atoms with Crippen LogP contribution < -0.4 is 11.1 Å². The molecule has 0 aliphatic carbocycles. The van der Waals surface area contributed by atoms with Crippen molar-refractivity contribution in [2.75, 3.05) is 11.1 Å². The van der Waals surface area contributed by atoms with Crippen LogP contribution in [0.4, 0.5) is 26.2 Å². The molecule has 0 bridgehead atoms. The van der Waals surface area contributed by atoms with Crippen LogP contribution in [0.25, 0.3) is 11.1 Å². The molecule has 0 atom stereocenters. The van der Waals surface area contributed by atoms with Crippen molar-refractivity contribution in [2.45, 2.75) is 6.92 Å². The Balaban J connectivity index is 2.01. The molecule has 0 saturated heterocycles. The highest BCUT2D eigenvalue weighted by Crippen LogP contribution is 2.27. The standard InChI is InChI=1S/C14H11F2N3O/c1-7-5-9(16)11(6-8(7)15)18-14-19-13-10(17)3-2-4-12(13)20-14/h2-6H,17H2,1H3,(H,18,19). The molecule has 6 heteroatoms. The molecule has 0 saturated carbocycles. The van der Waals surface area contributed by atoms with Crippen molar-refractivity contribution in [3.05, 3.63) is 47.5 Å². The molecule has 0 aliphatic rings. The van der Waals surface area contributed by atoms with Crippen LogP contribution in [0.5, 0.6) is 0 Å². The molecular formula is C14H11F2N3O. The van der Waals surface area contributed by atoms with E-state index in [0.717, 1.165) is 12.1 Å². The number of aryl methyl sites for hydroxylation is 1. The first-order valence-electron chi connectivity index (χ1n) is 5.92. The van der Waals surface area contributed by atoms with E-state index in [2.05, 4.69) is 10.3 Å². The molecule has 20 heavy (non-hydrogen) atoms. The van der Waals surface area contributed by atoms with Gasteiger partial charge in [-0.25, -0.2) is 8.78 Å². The van der Waals surface area contributed by atoms with Crippen molar-refractivity contribution in [2.24, 2.45) is 0 Å². The molecule has 0 fully saturated rings. The summed E-state index contributed by atoms with van der Waals surface area (Å²) in [4.78, 5) is 4.11. The average molecular weight is 275 g/mol. The Hall–Kier alpha value is -2.63. The lowest BCUT2D eigenvalue weighted by atomic mass is 10.2. The zero-order valence-corrected chi connectivity index (χ0v) is 10.6. The van der Waals surface area contributed by atoms with Crippen LogP contribution in [0.3, 0.4) is 0 Å². The van der Waals surface area contributed by atoms with Gasteiger partial charge in [0.2, 0.25) is 0 Å². The molecule has 102 valence electrons. The summed E-state index contributed by atoms with van der Waals surface area (Å²) in [5.74, 6) is -1.09. The third-order valence-corrected chi connectivity index (χ3v) is 2.94. The van der Waals surface area contributed by atoms with Gasteiger partial charge in [0.1, 0.15) is 17.2 Å². The number of nitrogens with one attached hydrogen (secondary N) is 1. The van der Waals surface area contributed by atoms with Crippen molar-refractivity contribution < 1.29 is 13.2 Å². The van der Waals surface area contributed by atoms with Crippen LogP contribution in [0.2, 0.25) is 0 Å². The fourth-order valence-corrected chi connectivity index (χ4v) is 1.88. The molecule has 0 amide bonds. The zero-order valence-electron chi connectivity index (χ0n) is 10.6. The Labute approximate surface area is 113 Å². The summed E-state index contributed by atoms with van der Waals surface area (Å²) in [6.45, 7) is 1.49. The number of hydrogen-bond donors (Lipinski definition) is 2. The Morgan fingerprint density at radius 3 is 2.75 bits per heavy atom. The monoisotopic (exact) mass is 275 g/mol. The van der Waals surface area contributed by atoms with E-state index in [1.165, 1.54) is 6.92 Å². The number of nitrogens with two attached hydrogens (primary N) is 1. The molecule has 1 aromatic heterocycles. The number of anilines is 3. The third-order valence-electron chi connectivity index (χ3n) is 2.94. The quantitative estimate of drug-likeness (QED) is 0.699. The summed E-state index contributed by atoms with van der Waals surface area (Å²) < 4.78 is 32.6. The van der Waals surface area contributed by atoms with Gasteiger partial charge in [0, 0.05) is 6.07 Å². The summed E-state index contributed by atoms with van der Waals surface area (Å²) in [6, 6.07) is 7.31. The first kappa shape index (κ1) is 12.4. The molecule has 0 radical (unpaired) electrons. The number of aromatic nitrogens is 1. The minimum absolute atomic E-state index is 0.0433. The minimum Gasteiger partial charge on any atom is -0.423 e. The number of halogens is 2. The Morgan fingerprint density at radius 2 is 2.00 bits per heavy atom. The van der Waals surface area contributed by atoms with Gasteiger partial charge in [-0.3, -0.25) is 0 Å². The number of oxazole rings is 1. The van der Waals surface area contributed by atoms with Gasteiger partial charge in [-0.05, 0) is 30.7 Å². The maximum Gasteiger partial charge on any atom is 0.300 e. The molecule has 4 nitrogen and oxygen atoms in total. The first-order chi connectivity index (χ1) is 9.54.